The van der Waals surface area contributed by atoms with Crippen molar-refractivity contribution < 1.29 is 4.90 Å². The van der Waals surface area contributed by atoms with Crippen LogP contribution in [-0.4, -0.2) is 22.8 Å². The fourth-order valence-corrected chi connectivity index (χ4v) is 3.16. The van der Waals surface area contributed by atoms with E-state index in [9.17, 15) is 9.59 Å². The number of hydrogen-bond acceptors (Lipinski definition) is 3. The average molecular weight is 329 g/mol. The van der Waals surface area contributed by atoms with Gasteiger partial charge < -0.3 is 10.2 Å². The first-order valence-corrected chi connectivity index (χ1v) is 8.54. The Morgan fingerprint density at radius 3 is 2.71 bits per heavy atom. The van der Waals surface area contributed by atoms with Crippen LogP contribution in [-0.2, 0) is 6.54 Å². The van der Waals surface area contributed by atoms with Crippen molar-refractivity contribution in [3.63, 3.8) is 0 Å². The number of nitrogens with one attached hydrogen (secondary N) is 3. The van der Waals surface area contributed by atoms with Crippen LogP contribution < -0.4 is 21.5 Å². The van der Waals surface area contributed by atoms with Crippen molar-refractivity contribution >= 4 is 5.82 Å². The number of aromatic amines is 1. The molecule has 0 spiro atoms. The predicted octanol–water partition coefficient (Wildman–Crippen LogP) is 0.711. The quantitative estimate of drug-likeness (QED) is 0.774. The molecule has 1 aliphatic heterocycles. The molecule has 6 heteroatoms. The number of hydrogen-bond donors (Lipinski definition) is 3. The summed E-state index contributed by atoms with van der Waals surface area (Å²) < 4.78 is 1.58. The molecule has 1 aliphatic rings. The third-order valence-electron chi connectivity index (χ3n) is 4.77. The molecule has 1 aromatic heterocycles. The minimum absolute atomic E-state index is 0.281. The number of anilines is 1. The number of H-pyrrole nitrogens is 1. The number of nitrogens with zero attached hydrogens (tertiary/aromatic N) is 1. The van der Waals surface area contributed by atoms with Crippen LogP contribution in [0.15, 0.2) is 27.8 Å². The molecule has 6 nitrogen and oxygen atoms in total. The average Bonchev–Trinajstić information content (AvgIpc) is 2.56. The number of fused-ring (bicyclic) bond motifs is 1. The molecule has 2 aromatic rings. The van der Waals surface area contributed by atoms with Gasteiger partial charge >= 0.3 is 5.69 Å². The Bertz CT molecular complexity index is 866. The van der Waals surface area contributed by atoms with Crippen LogP contribution in [0.25, 0.3) is 5.69 Å². The Hall–Kier alpha value is -2.34. The largest absolute Gasteiger partial charge is 0.334 e. The van der Waals surface area contributed by atoms with E-state index in [1.54, 1.807) is 4.57 Å². The molecule has 128 valence electrons. The van der Waals surface area contributed by atoms with Crippen LogP contribution in [0.4, 0.5) is 5.82 Å². The molecule has 3 rings (SSSR count). The number of quaternary nitrogens is 1. The van der Waals surface area contributed by atoms with E-state index in [0.717, 1.165) is 37.3 Å². The molecule has 0 bridgehead atoms. The van der Waals surface area contributed by atoms with E-state index in [1.807, 2.05) is 32.0 Å². The van der Waals surface area contributed by atoms with Gasteiger partial charge in [0.2, 0.25) is 0 Å². The molecule has 2 heterocycles. The zero-order valence-corrected chi connectivity index (χ0v) is 14.5. The highest BCUT2D eigenvalue weighted by Gasteiger charge is 2.25. The maximum Gasteiger partial charge on any atom is 0.334 e. The lowest BCUT2D eigenvalue weighted by Crippen LogP contribution is -3.12. The monoisotopic (exact) mass is 329 g/mol. The van der Waals surface area contributed by atoms with Gasteiger partial charge in [-0.1, -0.05) is 19.4 Å². The fraction of sp³-hybridized carbons (Fsp3) is 0.444. The zero-order chi connectivity index (χ0) is 17.3. The summed E-state index contributed by atoms with van der Waals surface area (Å²) in [6.07, 6.45) is 2.26. The normalized spacial score (nSPS) is 16.5. The van der Waals surface area contributed by atoms with Gasteiger partial charge in [-0.2, -0.15) is 0 Å². The van der Waals surface area contributed by atoms with Crippen LogP contribution in [0, 0.1) is 13.8 Å². The van der Waals surface area contributed by atoms with Crippen molar-refractivity contribution in [2.24, 2.45) is 0 Å². The van der Waals surface area contributed by atoms with Crippen molar-refractivity contribution in [2.75, 3.05) is 18.5 Å². The Labute approximate surface area is 141 Å². The summed E-state index contributed by atoms with van der Waals surface area (Å²) in [5.41, 5.74) is 3.05. The summed E-state index contributed by atoms with van der Waals surface area (Å²) in [7, 11) is 0. The lowest BCUT2D eigenvalue weighted by atomic mass is 10.1. The second-order valence-electron chi connectivity index (χ2n) is 6.57. The Morgan fingerprint density at radius 1 is 1.21 bits per heavy atom. The summed E-state index contributed by atoms with van der Waals surface area (Å²) in [6, 6.07) is 5.89. The molecule has 1 aromatic carbocycles. The molecule has 1 unspecified atom stereocenters. The molecule has 24 heavy (non-hydrogen) atoms. The molecular formula is C18H25N4O2+. The Balaban J connectivity index is 2.08. The van der Waals surface area contributed by atoms with Crippen molar-refractivity contribution in [1.29, 1.82) is 0 Å². The van der Waals surface area contributed by atoms with Gasteiger partial charge in [-0.15, -0.1) is 0 Å². The van der Waals surface area contributed by atoms with E-state index in [0.29, 0.717) is 17.9 Å². The third-order valence-corrected chi connectivity index (χ3v) is 4.77. The number of rotatable bonds is 4. The van der Waals surface area contributed by atoms with Crippen molar-refractivity contribution in [3.8, 4) is 5.69 Å². The molecule has 1 atom stereocenters. The smallest absolute Gasteiger partial charge is 0.324 e. The number of aromatic nitrogens is 2. The molecule has 0 fully saturated rings. The fourth-order valence-electron chi connectivity index (χ4n) is 3.16. The summed E-state index contributed by atoms with van der Waals surface area (Å²) in [5, 5.41) is 3.31. The highest BCUT2D eigenvalue weighted by Crippen LogP contribution is 2.18. The number of benzene rings is 1. The highest BCUT2D eigenvalue weighted by atomic mass is 16.2. The van der Waals surface area contributed by atoms with Gasteiger partial charge in [-0.3, -0.25) is 9.78 Å². The van der Waals surface area contributed by atoms with Crippen LogP contribution in [0.5, 0.6) is 0 Å². The molecular weight excluding hydrogens is 304 g/mol. The molecule has 0 saturated heterocycles. The minimum Gasteiger partial charge on any atom is -0.324 e. The first-order valence-electron chi connectivity index (χ1n) is 8.54. The second-order valence-corrected chi connectivity index (χ2v) is 6.57. The van der Waals surface area contributed by atoms with Gasteiger partial charge in [-0.25, -0.2) is 9.36 Å². The number of unbranched alkanes of at least 4 members (excludes halogenated alkanes) is 1. The zero-order valence-electron chi connectivity index (χ0n) is 14.5. The highest BCUT2D eigenvalue weighted by molar-refractivity contribution is 5.52. The predicted molar refractivity (Wildman–Crippen MR) is 95.1 cm³/mol. The van der Waals surface area contributed by atoms with Gasteiger partial charge in [-0.05, 0) is 43.5 Å². The van der Waals surface area contributed by atoms with Crippen molar-refractivity contribution in [2.45, 2.75) is 40.2 Å². The first kappa shape index (κ1) is 16.5. The molecule has 0 radical (unpaired) electrons. The first-order chi connectivity index (χ1) is 11.5. The van der Waals surface area contributed by atoms with Crippen molar-refractivity contribution in [3.05, 3.63) is 55.7 Å². The lowest BCUT2D eigenvalue weighted by Gasteiger charge is -2.28. The minimum atomic E-state index is -0.397. The van der Waals surface area contributed by atoms with Gasteiger partial charge in [0.1, 0.15) is 17.9 Å². The van der Waals surface area contributed by atoms with E-state index in [1.165, 1.54) is 10.5 Å². The van der Waals surface area contributed by atoms with E-state index >= 15 is 0 Å². The van der Waals surface area contributed by atoms with Gasteiger partial charge in [0.15, 0.2) is 6.67 Å². The number of aryl methyl sites for hydroxylation is 2. The van der Waals surface area contributed by atoms with Crippen LogP contribution in [0.2, 0.25) is 0 Å². The standard InChI is InChI=1S/C18H24N4O2/c1-4-5-8-21-10-15-16(19-11-21)22(18(24)20-17(15)23)14-7-6-12(2)13(3)9-14/h6-7,9,19H,4-5,8,10-11H2,1-3H3,(H,20,23,24)/p+1. The van der Waals surface area contributed by atoms with E-state index in [2.05, 4.69) is 17.2 Å². The van der Waals surface area contributed by atoms with E-state index in [4.69, 9.17) is 0 Å². The summed E-state index contributed by atoms with van der Waals surface area (Å²) in [6.45, 7) is 8.60. The van der Waals surface area contributed by atoms with Gasteiger partial charge in [0, 0.05) is 0 Å². The third kappa shape index (κ3) is 3.01. The van der Waals surface area contributed by atoms with E-state index in [-0.39, 0.29) is 5.56 Å². The van der Waals surface area contributed by atoms with Crippen LogP contribution in [0.1, 0.15) is 36.5 Å². The molecule has 0 saturated carbocycles. The van der Waals surface area contributed by atoms with Crippen molar-refractivity contribution in [1.82, 2.24) is 9.55 Å². The van der Waals surface area contributed by atoms with Gasteiger partial charge in [0.25, 0.3) is 5.56 Å². The second kappa shape index (κ2) is 6.65. The maximum atomic E-state index is 12.4. The van der Waals surface area contributed by atoms with E-state index < -0.39 is 5.69 Å². The van der Waals surface area contributed by atoms with Crippen LogP contribution >= 0.6 is 0 Å². The maximum absolute atomic E-state index is 12.4. The summed E-state index contributed by atoms with van der Waals surface area (Å²) in [5.74, 6) is 0.632. The SMILES string of the molecule is CCCC[NH+]1CNc2c(c(=O)[nH]c(=O)n2-c2ccc(C)c(C)c2)C1. The topological polar surface area (TPSA) is 71.3 Å². The van der Waals surface area contributed by atoms with Gasteiger partial charge in [0.05, 0.1) is 12.2 Å². The lowest BCUT2D eigenvalue weighted by molar-refractivity contribution is -0.912. The summed E-state index contributed by atoms with van der Waals surface area (Å²) in [4.78, 5) is 28.5. The van der Waals surface area contributed by atoms with Crippen LogP contribution in [0.3, 0.4) is 0 Å². The Morgan fingerprint density at radius 2 is 2.00 bits per heavy atom. The molecule has 0 aliphatic carbocycles. The molecule has 3 N–H and O–H groups in total. The Kier molecular flexibility index (Phi) is 4.57. The summed E-state index contributed by atoms with van der Waals surface area (Å²) >= 11 is 0. The molecule has 0 amide bonds.